The Morgan fingerprint density at radius 2 is 2.16 bits per heavy atom. The van der Waals surface area contributed by atoms with E-state index in [4.69, 9.17) is 11.0 Å². The van der Waals surface area contributed by atoms with Crippen LogP contribution in [-0.4, -0.2) is 12.0 Å². The van der Waals surface area contributed by atoms with Gasteiger partial charge in [-0.3, -0.25) is 0 Å². The molecule has 1 aromatic heterocycles. The third-order valence-corrected chi connectivity index (χ3v) is 2.75. The Morgan fingerprint density at radius 1 is 1.42 bits per heavy atom. The molecule has 19 heavy (non-hydrogen) atoms. The van der Waals surface area contributed by atoms with Crippen LogP contribution in [-0.2, 0) is 6.54 Å². The Balaban J connectivity index is 2.24. The number of pyridine rings is 1. The van der Waals surface area contributed by atoms with E-state index in [2.05, 4.69) is 4.98 Å². The fraction of sp³-hybridized carbons (Fsp3) is 0.143. The molecule has 0 amide bonds. The number of nitrogens with two attached hydrogens (primary N) is 1. The summed E-state index contributed by atoms with van der Waals surface area (Å²) in [7, 11) is 1.77. The van der Waals surface area contributed by atoms with Gasteiger partial charge in [0.15, 0.2) is 5.82 Å². The van der Waals surface area contributed by atoms with E-state index in [1.165, 1.54) is 12.3 Å². The van der Waals surface area contributed by atoms with Crippen LogP contribution in [0.25, 0.3) is 0 Å². The topological polar surface area (TPSA) is 65.9 Å². The number of rotatable bonds is 3. The molecule has 2 rings (SSSR count). The maximum atomic E-state index is 13.6. The number of nitriles is 1. The van der Waals surface area contributed by atoms with Gasteiger partial charge in [-0.15, -0.1) is 0 Å². The average molecular weight is 256 g/mol. The molecule has 0 saturated carbocycles. The van der Waals surface area contributed by atoms with Gasteiger partial charge in [0.1, 0.15) is 11.9 Å². The van der Waals surface area contributed by atoms with Crippen molar-refractivity contribution >= 4 is 11.5 Å². The molecule has 5 heteroatoms. The second kappa shape index (κ2) is 5.36. The molecule has 0 spiro atoms. The fourth-order valence-corrected chi connectivity index (χ4v) is 1.81. The number of hydrogen-bond acceptors (Lipinski definition) is 4. The van der Waals surface area contributed by atoms with Crippen LogP contribution >= 0.6 is 0 Å². The first kappa shape index (κ1) is 12.8. The van der Waals surface area contributed by atoms with E-state index < -0.39 is 0 Å². The van der Waals surface area contributed by atoms with Crippen molar-refractivity contribution in [3.63, 3.8) is 0 Å². The fourth-order valence-electron chi connectivity index (χ4n) is 1.81. The van der Waals surface area contributed by atoms with E-state index in [0.717, 1.165) is 0 Å². The lowest BCUT2D eigenvalue weighted by Crippen LogP contribution is -2.20. The van der Waals surface area contributed by atoms with E-state index in [-0.39, 0.29) is 5.82 Å². The van der Waals surface area contributed by atoms with Crippen molar-refractivity contribution in [3.8, 4) is 6.07 Å². The summed E-state index contributed by atoms with van der Waals surface area (Å²) in [5.41, 5.74) is 7.21. The largest absolute Gasteiger partial charge is 0.396 e. The highest BCUT2D eigenvalue weighted by Gasteiger charge is 2.10. The van der Waals surface area contributed by atoms with Crippen LogP contribution in [0.3, 0.4) is 0 Å². The predicted octanol–water partition coefficient (Wildman–Crippen LogP) is 2.31. The van der Waals surface area contributed by atoms with Crippen LogP contribution in [0.2, 0.25) is 0 Å². The van der Waals surface area contributed by atoms with E-state index in [9.17, 15) is 4.39 Å². The second-order valence-electron chi connectivity index (χ2n) is 4.20. The molecular formula is C14H13FN4. The molecule has 2 aromatic rings. The third kappa shape index (κ3) is 2.80. The van der Waals surface area contributed by atoms with Crippen LogP contribution in [0.4, 0.5) is 15.9 Å². The lowest BCUT2D eigenvalue weighted by atomic mass is 10.2. The van der Waals surface area contributed by atoms with Gasteiger partial charge in [0.2, 0.25) is 0 Å². The molecule has 96 valence electrons. The number of anilines is 2. The smallest absolute Gasteiger partial charge is 0.151 e. The first-order valence-electron chi connectivity index (χ1n) is 5.72. The maximum absolute atomic E-state index is 13.6. The van der Waals surface area contributed by atoms with Crippen molar-refractivity contribution in [1.29, 1.82) is 5.26 Å². The van der Waals surface area contributed by atoms with Crippen molar-refractivity contribution in [2.45, 2.75) is 6.54 Å². The first-order chi connectivity index (χ1) is 9.11. The molecule has 0 saturated heterocycles. The highest BCUT2D eigenvalue weighted by Crippen LogP contribution is 2.22. The molecular weight excluding hydrogens is 243 g/mol. The maximum Gasteiger partial charge on any atom is 0.151 e. The summed E-state index contributed by atoms with van der Waals surface area (Å²) >= 11 is 0. The average Bonchev–Trinajstić information content (AvgIpc) is 2.41. The molecule has 4 nitrogen and oxygen atoms in total. The number of nitrogen functional groups attached to an aromatic ring is 1. The van der Waals surface area contributed by atoms with Gasteiger partial charge >= 0.3 is 0 Å². The van der Waals surface area contributed by atoms with Gasteiger partial charge in [-0.2, -0.15) is 5.26 Å². The van der Waals surface area contributed by atoms with Gasteiger partial charge in [0, 0.05) is 25.4 Å². The molecule has 0 fully saturated rings. The third-order valence-electron chi connectivity index (χ3n) is 2.75. The van der Waals surface area contributed by atoms with Gasteiger partial charge in [-0.1, -0.05) is 18.2 Å². The number of hydrogen-bond donors (Lipinski definition) is 1. The van der Waals surface area contributed by atoms with Gasteiger partial charge in [-0.25, -0.2) is 9.37 Å². The normalized spacial score (nSPS) is 9.95. The van der Waals surface area contributed by atoms with Gasteiger partial charge in [-0.05, 0) is 12.1 Å². The summed E-state index contributed by atoms with van der Waals surface area (Å²) in [4.78, 5) is 5.88. The summed E-state index contributed by atoms with van der Waals surface area (Å²) in [6, 6.07) is 10.1. The molecule has 1 heterocycles. The summed E-state index contributed by atoms with van der Waals surface area (Å²) < 4.78 is 13.6. The Bertz CT molecular complexity index is 634. The van der Waals surface area contributed by atoms with Crippen molar-refractivity contribution in [2.24, 2.45) is 0 Å². The van der Waals surface area contributed by atoms with Crippen molar-refractivity contribution < 1.29 is 4.39 Å². The highest BCUT2D eigenvalue weighted by atomic mass is 19.1. The van der Waals surface area contributed by atoms with Crippen LogP contribution in [0.1, 0.15) is 11.1 Å². The predicted molar refractivity (Wildman–Crippen MR) is 71.9 cm³/mol. The number of halogens is 1. The van der Waals surface area contributed by atoms with Gasteiger partial charge < -0.3 is 10.6 Å². The molecule has 0 aliphatic rings. The minimum absolute atomic E-state index is 0.262. The van der Waals surface area contributed by atoms with Crippen LogP contribution in [0.5, 0.6) is 0 Å². The lowest BCUT2D eigenvalue weighted by molar-refractivity contribution is 0.607. The summed E-state index contributed by atoms with van der Waals surface area (Å²) in [6.07, 6.45) is 1.45. The Hall–Kier alpha value is -2.61. The summed E-state index contributed by atoms with van der Waals surface area (Å²) in [5, 5.41) is 8.75. The Labute approximate surface area is 110 Å². The Kier molecular flexibility index (Phi) is 3.62. The molecule has 2 N–H and O–H groups in total. The number of aromatic nitrogens is 1. The second-order valence-corrected chi connectivity index (χ2v) is 4.20. The van der Waals surface area contributed by atoms with E-state index in [1.807, 2.05) is 6.07 Å². The standard InChI is InChI=1S/C14H13FN4/c1-19(9-11-4-2-3-5-12(11)15)14-13(17)6-10(7-16)8-18-14/h2-6,8H,9,17H2,1H3. The van der Waals surface area contributed by atoms with Crippen LogP contribution in [0, 0.1) is 17.1 Å². The summed E-state index contributed by atoms with van der Waals surface area (Å²) in [5.74, 6) is 0.267. The number of benzene rings is 1. The number of nitrogens with zero attached hydrogens (tertiary/aromatic N) is 3. The Morgan fingerprint density at radius 3 is 2.79 bits per heavy atom. The van der Waals surface area contributed by atoms with Crippen molar-refractivity contribution in [1.82, 2.24) is 4.98 Å². The quantitative estimate of drug-likeness (QED) is 0.915. The van der Waals surface area contributed by atoms with E-state index in [0.29, 0.717) is 29.2 Å². The van der Waals surface area contributed by atoms with E-state index in [1.54, 1.807) is 36.2 Å². The van der Waals surface area contributed by atoms with Crippen LogP contribution in [0.15, 0.2) is 36.5 Å². The molecule has 0 bridgehead atoms. The zero-order valence-corrected chi connectivity index (χ0v) is 10.5. The first-order valence-corrected chi connectivity index (χ1v) is 5.72. The van der Waals surface area contributed by atoms with Crippen molar-refractivity contribution in [3.05, 3.63) is 53.5 Å². The highest BCUT2D eigenvalue weighted by molar-refractivity contribution is 5.64. The molecule has 0 aliphatic carbocycles. The lowest BCUT2D eigenvalue weighted by Gasteiger charge is -2.20. The minimum Gasteiger partial charge on any atom is -0.396 e. The molecule has 0 atom stereocenters. The SMILES string of the molecule is CN(Cc1ccccc1F)c1ncc(C#N)cc1N. The molecule has 0 aliphatic heterocycles. The molecule has 0 radical (unpaired) electrons. The monoisotopic (exact) mass is 256 g/mol. The van der Waals surface area contributed by atoms with Gasteiger partial charge in [0.25, 0.3) is 0 Å². The molecule has 1 aromatic carbocycles. The van der Waals surface area contributed by atoms with Crippen molar-refractivity contribution in [2.75, 3.05) is 17.7 Å². The zero-order valence-electron chi connectivity index (χ0n) is 10.5. The van der Waals surface area contributed by atoms with E-state index >= 15 is 0 Å². The zero-order chi connectivity index (χ0) is 13.8. The minimum atomic E-state index is -0.262. The van der Waals surface area contributed by atoms with Gasteiger partial charge in [0.05, 0.1) is 11.3 Å². The van der Waals surface area contributed by atoms with Crippen LogP contribution < -0.4 is 10.6 Å². The molecule has 0 unspecified atom stereocenters. The summed E-state index contributed by atoms with van der Waals surface area (Å²) in [6.45, 7) is 0.357.